The Hall–Kier alpha value is -3.80. The van der Waals surface area contributed by atoms with E-state index in [1.807, 2.05) is 51.1 Å². The molecule has 1 aromatic heterocycles. The van der Waals surface area contributed by atoms with E-state index in [4.69, 9.17) is 14.5 Å². The largest absolute Gasteiger partial charge is 0.497 e. The van der Waals surface area contributed by atoms with Gasteiger partial charge >= 0.3 is 6.09 Å². The van der Waals surface area contributed by atoms with Crippen molar-refractivity contribution in [2.75, 3.05) is 13.7 Å². The number of carbonyl (C=O) groups is 1. The van der Waals surface area contributed by atoms with E-state index in [1.165, 1.54) is 0 Å². The third kappa shape index (κ3) is 5.65. The summed E-state index contributed by atoms with van der Waals surface area (Å²) in [7, 11) is 1.67. The highest BCUT2D eigenvalue weighted by Crippen LogP contribution is 2.35. The van der Waals surface area contributed by atoms with Crippen molar-refractivity contribution < 1.29 is 14.3 Å². The molecule has 0 spiro atoms. The van der Waals surface area contributed by atoms with Crippen molar-refractivity contribution >= 4 is 16.9 Å². The molecule has 1 amide bonds. The zero-order valence-electron chi connectivity index (χ0n) is 21.2. The smallest absolute Gasteiger partial charge is 0.407 e. The molecule has 6 nitrogen and oxygen atoms in total. The van der Waals surface area contributed by atoms with E-state index in [0.29, 0.717) is 6.54 Å². The Balaban J connectivity index is 1.71. The summed E-state index contributed by atoms with van der Waals surface area (Å²) < 4.78 is 10.8. The molecule has 1 heterocycles. The molecule has 0 radical (unpaired) electrons. The van der Waals surface area contributed by atoms with Crippen molar-refractivity contribution in [2.45, 2.75) is 45.6 Å². The number of carbonyl (C=O) groups excluding carboxylic acids is 1. The Bertz CT molecular complexity index is 1330. The molecule has 0 fully saturated rings. The van der Waals surface area contributed by atoms with Crippen LogP contribution in [0.25, 0.3) is 33.3 Å². The molecule has 3 aromatic carbocycles. The lowest BCUT2D eigenvalue weighted by molar-refractivity contribution is 0.0516. The summed E-state index contributed by atoms with van der Waals surface area (Å²) in [4.78, 5) is 20.9. The maximum absolute atomic E-state index is 12.2. The molecule has 35 heavy (non-hydrogen) atoms. The summed E-state index contributed by atoms with van der Waals surface area (Å²) in [6.07, 6.45) is -0.439. The number of hydrogen-bond acceptors (Lipinski definition) is 4. The van der Waals surface area contributed by atoms with Crippen LogP contribution in [0, 0.1) is 0 Å². The molecule has 6 heteroatoms. The topological polar surface area (TPSA) is 76.2 Å². The van der Waals surface area contributed by atoms with Crippen LogP contribution in [0.3, 0.4) is 0 Å². The number of hydrogen-bond donors (Lipinski definition) is 2. The van der Waals surface area contributed by atoms with Crippen LogP contribution < -0.4 is 10.1 Å². The Morgan fingerprint density at radius 1 is 0.914 bits per heavy atom. The van der Waals surface area contributed by atoms with Gasteiger partial charge in [-0.1, -0.05) is 62.4 Å². The molecule has 0 saturated carbocycles. The summed E-state index contributed by atoms with van der Waals surface area (Å²) in [6, 6.07) is 22.5. The normalized spacial score (nSPS) is 11.9. The molecule has 4 aromatic rings. The molecular weight excluding hydrogens is 438 g/mol. The summed E-state index contributed by atoms with van der Waals surface area (Å²) in [5.74, 6) is 1.62. The average Bonchev–Trinajstić information content (AvgIpc) is 3.28. The standard InChI is InChI=1S/C29H33N3O3/c1-28(2,3)35-27(33)30-18-29(4,5)26-31-24(19-10-8-7-9-11-19)25(32-26)22-13-12-21-17-23(34-6)15-14-20(21)16-22/h7-17H,18H2,1-6H3,(H,30,33)(H,31,32). The van der Waals surface area contributed by atoms with E-state index < -0.39 is 17.1 Å². The number of amides is 1. The maximum Gasteiger partial charge on any atom is 0.407 e. The van der Waals surface area contributed by atoms with Crippen LogP contribution in [0.15, 0.2) is 66.7 Å². The van der Waals surface area contributed by atoms with E-state index in [1.54, 1.807) is 7.11 Å². The van der Waals surface area contributed by atoms with Crippen LogP contribution in [-0.4, -0.2) is 35.3 Å². The first kappa shape index (κ1) is 24.3. The molecule has 0 aliphatic heterocycles. The van der Waals surface area contributed by atoms with Gasteiger partial charge in [-0.2, -0.15) is 0 Å². The molecule has 0 aliphatic rings. The van der Waals surface area contributed by atoms with Gasteiger partial charge in [0.25, 0.3) is 0 Å². The number of benzene rings is 3. The second-order valence-electron chi connectivity index (χ2n) is 10.3. The molecular formula is C29H33N3O3. The minimum absolute atomic E-state index is 0.376. The number of rotatable bonds is 6. The Morgan fingerprint density at radius 2 is 1.60 bits per heavy atom. The van der Waals surface area contributed by atoms with Gasteiger partial charge in [-0.05, 0) is 49.7 Å². The molecule has 0 aliphatic carbocycles. The molecule has 0 saturated heterocycles. The number of fused-ring (bicyclic) bond motifs is 1. The fourth-order valence-electron chi connectivity index (χ4n) is 3.91. The monoisotopic (exact) mass is 471 g/mol. The van der Waals surface area contributed by atoms with Crippen LogP contribution in [0.4, 0.5) is 4.79 Å². The van der Waals surface area contributed by atoms with Gasteiger partial charge in [-0.25, -0.2) is 9.78 Å². The van der Waals surface area contributed by atoms with Gasteiger partial charge in [-0.3, -0.25) is 0 Å². The van der Waals surface area contributed by atoms with Crippen LogP contribution in [-0.2, 0) is 10.2 Å². The van der Waals surface area contributed by atoms with E-state index >= 15 is 0 Å². The van der Waals surface area contributed by atoms with Crippen LogP contribution >= 0.6 is 0 Å². The fraction of sp³-hybridized carbons (Fsp3) is 0.310. The van der Waals surface area contributed by atoms with Crippen molar-refractivity contribution in [1.82, 2.24) is 15.3 Å². The lowest BCUT2D eigenvalue weighted by Gasteiger charge is -2.25. The number of aromatic amines is 1. The van der Waals surface area contributed by atoms with E-state index in [9.17, 15) is 4.79 Å². The van der Waals surface area contributed by atoms with Crippen molar-refractivity contribution in [1.29, 1.82) is 0 Å². The van der Waals surface area contributed by atoms with Gasteiger partial charge in [0, 0.05) is 23.1 Å². The Morgan fingerprint density at radius 3 is 2.29 bits per heavy atom. The SMILES string of the molecule is COc1ccc2cc(-c3nc(C(C)(C)CNC(=O)OC(C)(C)C)[nH]c3-c3ccccc3)ccc2c1. The highest BCUT2D eigenvalue weighted by molar-refractivity contribution is 5.90. The summed E-state index contributed by atoms with van der Waals surface area (Å²) in [5, 5.41) is 5.10. The number of nitrogens with one attached hydrogen (secondary N) is 2. The van der Waals surface area contributed by atoms with Crippen LogP contribution in [0.1, 0.15) is 40.4 Å². The van der Waals surface area contributed by atoms with Gasteiger partial charge < -0.3 is 19.8 Å². The van der Waals surface area contributed by atoms with Gasteiger partial charge in [0.1, 0.15) is 17.2 Å². The second-order valence-corrected chi connectivity index (χ2v) is 10.3. The van der Waals surface area contributed by atoms with Gasteiger partial charge in [0.15, 0.2) is 0 Å². The Labute approximate surface area is 206 Å². The van der Waals surface area contributed by atoms with E-state index in [2.05, 4.69) is 60.5 Å². The number of H-pyrrole nitrogens is 1. The highest BCUT2D eigenvalue weighted by atomic mass is 16.6. The molecule has 0 bridgehead atoms. The first-order valence-corrected chi connectivity index (χ1v) is 11.8. The molecule has 2 N–H and O–H groups in total. The number of methoxy groups -OCH3 is 1. The molecule has 0 unspecified atom stereocenters. The van der Waals surface area contributed by atoms with Crippen molar-refractivity contribution in [3.05, 3.63) is 72.6 Å². The predicted molar refractivity (Wildman–Crippen MR) is 141 cm³/mol. The minimum atomic E-state index is -0.549. The van der Waals surface area contributed by atoms with Gasteiger partial charge in [0.05, 0.1) is 18.5 Å². The van der Waals surface area contributed by atoms with Crippen LogP contribution in [0.5, 0.6) is 5.75 Å². The molecule has 0 atom stereocenters. The number of imidazole rings is 1. The number of alkyl carbamates (subject to hydrolysis) is 1. The van der Waals surface area contributed by atoms with Gasteiger partial charge in [0.2, 0.25) is 0 Å². The lowest BCUT2D eigenvalue weighted by atomic mass is 9.92. The quantitative estimate of drug-likeness (QED) is 0.328. The zero-order valence-corrected chi connectivity index (χ0v) is 21.2. The zero-order chi connectivity index (χ0) is 25.2. The first-order chi connectivity index (χ1) is 16.6. The molecule has 4 rings (SSSR count). The Kier molecular flexibility index (Phi) is 6.57. The van der Waals surface area contributed by atoms with Crippen molar-refractivity contribution in [3.63, 3.8) is 0 Å². The van der Waals surface area contributed by atoms with Crippen molar-refractivity contribution in [3.8, 4) is 28.3 Å². The second kappa shape index (κ2) is 9.45. The fourth-order valence-corrected chi connectivity index (χ4v) is 3.91. The highest BCUT2D eigenvalue weighted by Gasteiger charge is 2.28. The first-order valence-electron chi connectivity index (χ1n) is 11.8. The number of aromatic nitrogens is 2. The predicted octanol–water partition coefficient (Wildman–Crippen LogP) is 6.71. The number of nitrogens with zero attached hydrogens (tertiary/aromatic N) is 1. The molecule has 182 valence electrons. The van der Waals surface area contributed by atoms with Crippen LogP contribution in [0.2, 0.25) is 0 Å². The minimum Gasteiger partial charge on any atom is -0.497 e. The van der Waals surface area contributed by atoms with Crippen molar-refractivity contribution in [2.24, 2.45) is 0 Å². The number of ether oxygens (including phenoxy) is 2. The average molecular weight is 472 g/mol. The summed E-state index contributed by atoms with van der Waals surface area (Å²) in [5.41, 5.74) is 2.87. The lowest BCUT2D eigenvalue weighted by Crippen LogP contribution is -2.40. The van der Waals surface area contributed by atoms with E-state index in [0.717, 1.165) is 44.9 Å². The van der Waals surface area contributed by atoms with Gasteiger partial charge in [-0.15, -0.1) is 0 Å². The van der Waals surface area contributed by atoms with E-state index in [-0.39, 0.29) is 0 Å². The summed E-state index contributed by atoms with van der Waals surface area (Å²) in [6.45, 7) is 10.0. The third-order valence-corrected chi connectivity index (χ3v) is 5.80. The summed E-state index contributed by atoms with van der Waals surface area (Å²) >= 11 is 0. The maximum atomic E-state index is 12.2. The third-order valence-electron chi connectivity index (χ3n) is 5.80.